The molecule has 2 aromatic rings. The van der Waals surface area contributed by atoms with Crippen molar-refractivity contribution in [3.8, 4) is 5.75 Å². The molecule has 0 spiro atoms. The zero-order valence-corrected chi connectivity index (χ0v) is 17.9. The molecule has 1 N–H and O–H groups in total. The molecular formula is C20H23N3O6S. The summed E-state index contributed by atoms with van der Waals surface area (Å²) in [6.45, 7) is 7.55. The Morgan fingerprint density at radius 3 is 2.57 bits per heavy atom. The van der Waals surface area contributed by atoms with E-state index in [0.717, 1.165) is 6.07 Å². The van der Waals surface area contributed by atoms with Gasteiger partial charge in [0.15, 0.2) is 0 Å². The third-order valence-corrected chi connectivity index (χ3v) is 6.43. The lowest BCUT2D eigenvalue weighted by molar-refractivity contribution is -0.385. The second-order valence-corrected chi connectivity index (χ2v) is 9.37. The molecular weight excluding hydrogens is 410 g/mol. The largest absolute Gasteiger partial charge is 0.490 e. The fourth-order valence-corrected chi connectivity index (χ4v) is 4.54. The molecule has 30 heavy (non-hydrogen) atoms. The Bertz CT molecular complexity index is 1130. The van der Waals surface area contributed by atoms with Gasteiger partial charge in [-0.1, -0.05) is 6.07 Å². The SMILES string of the molecule is CCN1C(=O)C(C)(C)COc2ccc(NS(=O)(=O)c3cc([N+](=O)[O-])ccc3C)cc21. The maximum Gasteiger partial charge on any atom is 0.270 e. The van der Waals surface area contributed by atoms with Crippen molar-refractivity contribution in [1.82, 2.24) is 0 Å². The van der Waals surface area contributed by atoms with Gasteiger partial charge >= 0.3 is 0 Å². The molecule has 10 heteroatoms. The van der Waals surface area contributed by atoms with Crippen molar-refractivity contribution in [3.05, 3.63) is 52.1 Å². The molecule has 0 fully saturated rings. The van der Waals surface area contributed by atoms with Crippen molar-refractivity contribution >= 4 is 33.0 Å². The molecule has 0 unspecified atom stereocenters. The highest BCUT2D eigenvalue weighted by Gasteiger charge is 2.37. The van der Waals surface area contributed by atoms with Crippen LogP contribution in [-0.4, -0.2) is 32.4 Å². The second kappa shape index (κ2) is 7.60. The molecule has 9 nitrogen and oxygen atoms in total. The maximum absolute atomic E-state index is 12.9. The van der Waals surface area contributed by atoms with Crippen LogP contribution >= 0.6 is 0 Å². The van der Waals surface area contributed by atoms with Gasteiger partial charge in [0, 0.05) is 18.7 Å². The number of fused-ring (bicyclic) bond motifs is 1. The van der Waals surface area contributed by atoms with Crippen LogP contribution in [0.3, 0.4) is 0 Å². The van der Waals surface area contributed by atoms with Crippen molar-refractivity contribution in [2.24, 2.45) is 5.41 Å². The standard InChI is InChI=1S/C20H23N3O6S/c1-5-22-16-10-14(7-9-17(16)29-12-20(3,4)19(22)24)21-30(27,28)18-11-15(23(25)26)8-6-13(18)2/h6-11,21H,5,12H2,1-4H3. The molecule has 0 saturated heterocycles. The number of carbonyl (C=O) groups is 1. The van der Waals surface area contributed by atoms with Crippen molar-refractivity contribution in [1.29, 1.82) is 0 Å². The third kappa shape index (κ3) is 3.95. The summed E-state index contributed by atoms with van der Waals surface area (Å²) in [7, 11) is -4.09. The molecule has 0 bridgehead atoms. The number of nitrogens with zero attached hydrogens (tertiary/aromatic N) is 2. The highest BCUT2D eigenvalue weighted by molar-refractivity contribution is 7.92. The van der Waals surface area contributed by atoms with Gasteiger partial charge in [-0.25, -0.2) is 8.42 Å². The number of rotatable bonds is 5. The average molecular weight is 433 g/mol. The van der Waals surface area contributed by atoms with Crippen molar-refractivity contribution in [3.63, 3.8) is 0 Å². The first-order chi connectivity index (χ1) is 14.0. The molecule has 2 aromatic carbocycles. The van der Waals surface area contributed by atoms with Crippen LogP contribution in [0.5, 0.6) is 5.75 Å². The number of nitrogens with one attached hydrogen (secondary N) is 1. The van der Waals surface area contributed by atoms with Crippen LogP contribution in [0.4, 0.5) is 17.1 Å². The zero-order valence-electron chi connectivity index (χ0n) is 17.1. The van der Waals surface area contributed by atoms with Gasteiger partial charge in [0.1, 0.15) is 12.4 Å². The minimum atomic E-state index is -4.09. The van der Waals surface area contributed by atoms with Gasteiger partial charge in [0.25, 0.3) is 15.7 Å². The summed E-state index contributed by atoms with van der Waals surface area (Å²) < 4.78 is 34.0. The van der Waals surface area contributed by atoms with Gasteiger partial charge in [-0.15, -0.1) is 0 Å². The number of amides is 1. The number of nitro benzene ring substituents is 1. The van der Waals surface area contributed by atoms with E-state index < -0.39 is 20.4 Å². The number of hydrogen-bond acceptors (Lipinski definition) is 6. The second-order valence-electron chi connectivity index (χ2n) is 7.72. The van der Waals surface area contributed by atoms with E-state index in [-0.39, 0.29) is 28.8 Å². The summed E-state index contributed by atoms with van der Waals surface area (Å²) in [4.78, 5) is 24.6. The number of benzene rings is 2. The predicted molar refractivity (Wildman–Crippen MR) is 112 cm³/mol. The van der Waals surface area contributed by atoms with Crippen LogP contribution in [0.1, 0.15) is 26.3 Å². The van der Waals surface area contributed by atoms with E-state index in [1.54, 1.807) is 31.7 Å². The Morgan fingerprint density at radius 2 is 1.93 bits per heavy atom. The first-order valence-corrected chi connectivity index (χ1v) is 10.8. The van der Waals surface area contributed by atoms with E-state index in [4.69, 9.17) is 4.74 Å². The fraction of sp³-hybridized carbons (Fsp3) is 0.350. The number of sulfonamides is 1. The van der Waals surface area contributed by atoms with Crippen molar-refractivity contribution in [2.45, 2.75) is 32.6 Å². The van der Waals surface area contributed by atoms with Crippen molar-refractivity contribution < 1.29 is 22.9 Å². The van der Waals surface area contributed by atoms with E-state index in [1.807, 2.05) is 6.92 Å². The van der Waals surface area contributed by atoms with Crippen molar-refractivity contribution in [2.75, 3.05) is 22.8 Å². The predicted octanol–water partition coefficient (Wildman–Crippen LogP) is 3.48. The smallest absolute Gasteiger partial charge is 0.270 e. The van der Waals surface area contributed by atoms with Gasteiger partial charge in [-0.3, -0.25) is 19.6 Å². The van der Waals surface area contributed by atoms with Crippen LogP contribution in [0.2, 0.25) is 0 Å². The lowest BCUT2D eigenvalue weighted by atomic mass is 9.93. The maximum atomic E-state index is 12.9. The van der Waals surface area contributed by atoms with Crippen LogP contribution in [0.25, 0.3) is 0 Å². The molecule has 1 amide bonds. The summed E-state index contributed by atoms with van der Waals surface area (Å²) >= 11 is 0. The Labute approximate surface area is 174 Å². The Morgan fingerprint density at radius 1 is 1.23 bits per heavy atom. The molecule has 0 atom stereocenters. The molecule has 0 radical (unpaired) electrons. The molecule has 1 aliphatic heterocycles. The fourth-order valence-electron chi connectivity index (χ4n) is 3.22. The number of anilines is 2. The Kier molecular flexibility index (Phi) is 5.46. The van der Waals surface area contributed by atoms with E-state index in [0.29, 0.717) is 23.5 Å². The van der Waals surface area contributed by atoms with Gasteiger partial charge < -0.3 is 9.64 Å². The normalized spacial score (nSPS) is 15.7. The Balaban J connectivity index is 2.01. The summed E-state index contributed by atoms with van der Waals surface area (Å²) in [6.07, 6.45) is 0. The average Bonchev–Trinajstić information content (AvgIpc) is 2.76. The van der Waals surface area contributed by atoms with E-state index in [9.17, 15) is 23.3 Å². The van der Waals surface area contributed by atoms with E-state index >= 15 is 0 Å². The third-order valence-electron chi connectivity index (χ3n) is 4.90. The number of hydrogen-bond donors (Lipinski definition) is 1. The zero-order chi connectivity index (χ0) is 22.3. The molecule has 1 aliphatic rings. The van der Waals surface area contributed by atoms with Crippen LogP contribution in [-0.2, 0) is 14.8 Å². The first-order valence-electron chi connectivity index (χ1n) is 9.33. The number of non-ortho nitro benzene ring substituents is 1. The number of carbonyl (C=O) groups excluding carboxylic acids is 1. The van der Waals surface area contributed by atoms with Gasteiger partial charge in [0.2, 0.25) is 5.91 Å². The summed E-state index contributed by atoms with van der Waals surface area (Å²) in [5.41, 5.74) is 0.00672. The minimum absolute atomic E-state index is 0.127. The first kappa shape index (κ1) is 21.6. The van der Waals surface area contributed by atoms with Crippen LogP contribution in [0.15, 0.2) is 41.3 Å². The van der Waals surface area contributed by atoms with Gasteiger partial charge in [-0.05, 0) is 51.5 Å². The molecule has 0 aliphatic carbocycles. The Hall–Kier alpha value is -3.14. The van der Waals surface area contributed by atoms with Gasteiger partial charge in [0.05, 0.1) is 26.6 Å². The molecule has 0 aromatic heterocycles. The lowest BCUT2D eigenvalue weighted by Crippen LogP contribution is -2.42. The number of aryl methyl sites for hydroxylation is 1. The minimum Gasteiger partial charge on any atom is -0.490 e. The number of nitro groups is 1. The summed E-state index contributed by atoms with van der Waals surface area (Å²) in [5, 5.41) is 11.0. The van der Waals surface area contributed by atoms with Gasteiger partial charge in [-0.2, -0.15) is 0 Å². The van der Waals surface area contributed by atoms with Crippen LogP contribution in [0, 0.1) is 22.5 Å². The lowest BCUT2D eigenvalue weighted by Gasteiger charge is -2.27. The highest BCUT2D eigenvalue weighted by Crippen LogP contribution is 2.38. The molecule has 3 rings (SSSR count). The molecule has 1 heterocycles. The summed E-state index contributed by atoms with van der Waals surface area (Å²) in [6, 6.07) is 8.32. The van der Waals surface area contributed by atoms with E-state index in [2.05, 4.69) is 4.72 Å². The quantitative estimate of drug-likeness (QED) is 0.570. The highest BCUT2D eigenvalue weighted by atomic mass is 32.2. The molecule has 0 saturated carbocycles. The monoisotopic (exact) mass is 433 g/mol. The topological polar surface area (TPSA) is 119 Å². The number of ether oxygens (including phenoxy) is 1. The summed E-state index contributed by atoms with van der Waals surface area (Å²) in [5.74, 6) is 0.350. The van der Waals surface area contributed by atoms with E-state index in [1.165, 1.54) is 24.3 Å². The van der Waals surface area contributed by atoms with Crippen LogP contribution < -0.4 is 14.4 Å². The molecule has 160 valence electrons.